The first-order chi connectivity index (χ1) is 13.3. The maximum absolute atomic E-state index is 13.4. The van der Waals surface area contributed by atoms with Crippen molar-refractivity contribution in [2.45, 2.75) is 44.8 Å². The van der Waals surface area contributed by atoms with Gasteiger partial charge in [0.25, 0.3) is 0 Å². The van der Waals surface area contributed by atoms with E-state index in [-0.39, 0.29) is 10.7 Å². The lowest BCUT2D eigenvalue weighted by Gasteiger charge is -2.33. The minimum atomic E-state index is -0.961. The van der Waals surface area contributed by atoms with E-state index in [1.54, 1.807) is 11.2 Å². The number of nitrogens with zero attached hydrogens (tertiary/aromatic N) is 3. The molecule has 4 rings (SSSR count). The second-order valence-electron chi connectivity index (χ2n) is 8.47. The van der Waals surface area contributed by atoms with Gasteiger partial charge in [0, 0.05) is 15.9 Å². The number of carbonyl (C=O) groups excluding carboxylic acids is 1. The summed E-state index contributed by atoms with van der Waals surface area (Å²) in [5.41, 5.74) is 1.88. The molecule has 2 aliphatic rings. The number of carbonyl (C=O) groups is 1. The Kier molecular flexibility index (Phi) is 4.29. The van der Waals surface area contributed by atoms with Crippen LogP contribution in [0.15, 0.2) is 59.7 Å². The molecule has 0 N–H and O–H groups in total. The zero-order valence-corrected chi connectivity index (χ0v) is 16.1. The molecule has 28 heavy (non-hydrogen) atoms. The number of Topliss-reactive ketones (excluding diaryl/α,β-unsaturated/α-hetero) is 1. The molecule has 1 saturated heterocycles. The number of fused-ring (bicyclic) bond motifs is 3. The molecule has 6 nitrogen and oxygen atoms in total. The Morgan fingerprint density at radius 3 is 2.36 bits per heavy atom. The summed E-state index contributed by atoms with van der Waals surface area (Å²) in [5, 5.41) is 18.5. The van der Waals surface area contributed by atoms with E-state index < -0.39 is 29.5 Å². The van der Waals surface area contributed by atoms with Gasteiger partial charge in [0.1, 0.15) is 12.1 Å². The van der Waals surface area contributed by atoms with E-state index >= 15 is 0 Å². The van der Waals surface area contributed by atoms with Crippen molar-refractivity contribution in [1.29, 1.82) is 0 Å². The van der Waals surface area contributed by atoms with Crippen LogP contribution in [0.1, 0.15) is 49.4 Å². The molecule has 0 spiro atoms. The number of ketones is 1. The number of hydrogen-bond acceptors (Lipinski definition) is 5. The molecular weight excluding hydrogens is 354 g/mol. The van der Waals surface area contributed by atoms with Crippen molar-refractivity contribution in [3.63, 3.8) is 0 Å². The topological polar surface area (TPSA) is 75.8 Å². The Labute approximate surface area is 164 Å². The summed E-state index contributed by atoms with van der Waals surface area (Å²) in [4.78, 5) is 25.5. The van der Waals surface area contributed by atoms with Gasteiger partial charge in [-0.25, -0.2) is 0 Å². The maximum atomic E-state index is 13.4. The summed E-state index contributed by atoms with van der Waals surface area (Å²) in [5.74, 6) is -0.608. The van der Waals surface area contributed by atoms with E-state index in [1.165, 1.54) is 0 Å². The summed E-state index contributed by atoms with van der Waals surface area (Å²) >= 11 is 0. The van der Waals surface area contributed by atoms with Crippen molar-refractivity contribution >= 4 is 12.0 Å². The smallest absolute Gasteiger partial charge is 0.248 e. The fourth-order valence-electron chi connectivity index (χ4n) is 4.40. The third-order valence-electron chi connectivity index (χ3n) is 5.68. The van der Waals surface area contributed by atoms with Crippen molar-refractivity contribution in [1.82, 2.24) is 5.01 Å². The number of nitro groups is 1. The quantitative estimate of drug-likeness (QED) is 0.602. The molecule has 0 aliphatic carbocycles. The highest BCUT2D eigenvalue weighted by atomic mass is 16.6. The van der Waals surface area contributed by atoms with E-state index in [1.807, 2.05) is 75.4 Å². The summed E-state index contributed by atoms with van der Waals surface area (Å²) in [6.07, 6.45) is 1.71. The summed E-state index contributed by atoms with van der Waals surface area (Å²) in [7, 11) is 0. The molecule has 2 aromatic rings. The molecule has 6 heteroatoms. The van der Waals surface area contributed by atoms with Crippen molar-refractivity contribution in [2.24, 2.45) is 10.5 Å². The largest absolute Gasteiger partial charge is 0.297 e. The van der Waals surface area contributed by atoms with Crippen LogP contribution in [0.3, 0.4) is 0 Å². The van der Waals surface area contributed by atoms with Crippen LogP contribution in [-0.2, 0) is 4.79 Å². The Morgan fingerprint density at radius 1 is 1.07 bits per heavy atom. The van der Waals surface area contributed by atoms with Gasteiger partial charge in [0.15, 0.2) is 5.78 Å². The lowest BCUT2D eigenvalue weighted by Crippen LogP contribution is -2.43. The molecule has 144 valence electrons. The standard InChI is InChI=1S/C22H23N3O3/c1-22(2,3)21(26)20-17(14-9-5-4-6-10-14)19(25(27)28)18-16-12-8-7-11-15(16)13-23-24(18)20/h4-13,17-20H,1-3H3/t17-,18+,19-,20+/m0/s1. The first-order valence-electron chi connectivity index (χ1n) is 9.44. The minimum absolute atomic E-state index is 0.0350. The summed E-state index contributed by atoms with van der Waals surface area (Å²) in [6, 6.07) is 14.7. The monoisotopic (exact) mass is 377 g/mol. The Bertz CT molecular complexity index is 949. The van der Waals surface area contributed by atoms with Gasteiger partial charge in [-0.2, -0.15) is 5.10 Å². The van der Waals surface area contributed by atoms with Gasteiger partial charge in [-0.3, -0.25) is 19.9 Å². The predicted octanol–water partition coefficient (Wildman–Crippen LogP) is 3.80. The predicted molar refractivity (Wildman–Crippen MR) is 107 cm³/mol. The van der Waals surface area contributed by atoms with E-state index in [2.05, 4.69) is 5.10 Å². The Balaban J connectivity index is 1.94. The highest BCUT2D eigenvalue weighted by Gasteiger charge is 2.61. The molecule has 0 saturated carbocycles. The van der Waals surface area contributed by atoms with Crippen molar-refractivity contribution in [3.8, 4) is 0 Å². The van der Waals surface area contributed by atoms with Crippen LogP contribution in [0.25, 0.3) is 0 Å². The van der Waals surface area contributed by atoms with E-state index in [4.69, 9.17) is 0 Å². The van der Waals surface area contributed by atoms with Crippen molar-refractivity contribution in [2.75, 3.05) is 0 Å². The first kappa shape index (κ1) is 18.3. The third-order valence-corrected chi connectivity index (χ3v) is 5.68. The first-order valence-corrected chi connectivity index (χ1v) is 9.44. The van der Waals surface area contributed by atoms with E-state index in [9.17, 15) is 14.9 Å². The molecule has 2 aromatic carbocycles. The Morgan fingerprint density at radius 2 is 1.71 bits per heavy atom. The summed E-state index contributed by atoms with van der Waals surface area (Å²) in [6.45, 7) is 5.56. The molecule has 0 bridgehead atoms. The average molecular weight is 377 g/mol. The van der Waals surface area contributed by atoms with Crippen LogP contribution in [0.2, 0.25) is 0 Å². The number of hydrogen-bond donors (Lipinski definition) is 0. The molecule has 0 unspecified atom stereocenters. The Hall–Kier alpha value is -3.02. The molecule has 2 heterocycles. The van der Waals surface area contributed by atoms with Crippen LogP contribution in [0, 0.1) is 15.5 Å². The molecule has 1 fully saturated rings. The molecule has 0 amide bonds. The zero-order chi connectivity index (χ0) is 20.1. The molecule has 0 radical (unpaired) electrons. The second-order valence-corrected chi connectivity index (χ2v) is 8.47. The van der Waals surface area contributed by atoms with Crippen LogP contribution in [0.5, 0.6) is 0 Å². The number of hydrazone groups is 1. The lowest BCUT2D eigenvalue weighted by molar-refractivity contribution is -0.529. The highest BCUT2D eigenvalue weighted by Crippen LogP contribution is 2.50. The number of rotatable bonds is 3. The van der Waals surface area contributed by atoms with Crippen LogP contribution >= 0.6 is 0 Å². The molecule has 0 aromatic heterocycles. The van der Waals surface area contributed by atoms with Gasteiger partial charge >= 0.3 is 0 Å². The van der Waals surface area contributed by atoms with Crippen LogP contribution in [0.4, 0.5) is 0 Å². The van der Waals surface area contributed by atoms with E-state index in [0.717, 1.165) is 16.7 Å². The zero-order valence-electron chi connectivity index (χ0n) is 16.1. The SMILES string of the molecule is CC(C)(C)C(=O)[C@H]1[C@@H](c2ccccc2)[C@H]([N+](=O)[O-])[C@H]2c3ccccc3C=NN21. The van der Waals surface area contributed by atoms with Gasteiger partial charge in [-0.05, 0) is 11.1 Å². The van der Waals surface area contributed by atoms with Crippen molar-refractivity contribution < 1.29 is 9.72 Å². The van der Waals surface area contributed by atoms with Crippen molar-refractivity contribution in [3.05, 3.63) is 81.4 Å². The molecule has 4 atom stereocenters. The highest BCUT2D eigenvalue weighted by molar-refractivity contribution is 5.91. The lowest BCUT2D eigenvalue weighted by atomic mass is 9.78. The minimum Gasteiger partial charge on any atom is -0.297 e. The van der Waals surface area contributed by atoms with E-state index in [0.29, 0.717) is 0 Å². The summed E-state index contributed by atoms with van der Waals surface area (Å²) < 4.78 is 0. The van der Waals surface area contributed by atoms with Crippen LogP contribution < -0.4 is 0 Å². The molecular formula is C22H23N3O3. The molecule has 2 aliphatic heterocycles. The fraction of sp³-hybridized carbons (Fsp3) is 0.364. The van der Waals surface area contributed by atoms with Gasteiger partial charge < -0.3 is 0 Å². The maximum Gasteiger partial charge on any atom is 0.248 e. The van der Waals surface area contributed by atoms with Gasteiger partial charge in [-0.1, -0.05) is 75.4 Å². The number of benzene rings is 2. The third kappa shape index (κ3) is 2.80. The normalized spacial score (nSPS) is 25.9. The average Bonchev–Trinajstić information content (AvgIpc) is 3.03. The van der Waals surface area contributed by atoms with Gasteiger partial charge in [0.05, 0.1) is 12.1 Å². The fourth-order valence-corrected chi connectivity index (χ4v) is 4.40. The van der Waals surface area contributed by atoms with Gasteiger partial charge in [-0.15, -0.1) is 0 Å². The van der Waals surface area contributed by atoms with Crippen LogP contribution in [-0.4, -0.2) is 34.0 Å². The van der Waals surface area contributed by atoms with Gasteiger partial charge in [0.2, 0.25) is 6.04 Å². The second kappa shape index (κ2) is 6.55.